The van der Waals surface area contributed by atoms with Gasteiger partial charge >= 0.3 is 0 Å². The molecule has 1 aliphatic rings. The van der Waals surface area contributed by atoms with Gasteiger partial charge in [-0.05, 0) is 13.8 Å². The van der Waals surface area contributed by atoms with Gasteiger partial charge in [-0.25, -0.2) is 0 Å². The fourth-order valence-corrected chi connectivity index (χ4v) is 1.48. The Morgan fingerprint density at radius 1 is 1.50 bits per heavy atom. The summed E-state index contributed by atoms with van der Waals surface area (Å²) in [6.07, 6.45) is 0.147. The summed E-state index contributed by atoms with van der Waals surface area (Å²) in [6, 6.07) is 0. The van der Waals surface area contributed by atoms with Crippen molar-refractivity contribution in [1.29, 1.82) is 0 Å². The lowest BCUT2D eigenvalue weighted by molar-refractivity contribution is -0.145. The Bertz CT molecular complexity index is 162. The molecule has 0 radical (unpaired) electrons. The first-order valence-electron chi connectivity index (χ1n) is 4.17. The van der Waals surface area contributed by atoms with Gasteiger partial charge in [0.2, 0.25) is 5.91 Å². The average molecular weight is 173 g/mol. The summed E-state index contributed by atoms with van der Waals surface area (Å²) in [5.74, 6) is -0.211. The van der Waals surface area contributed by atoms with Crippen LogP contribution in [0.5, 0.6) is 0 Å². The highest BCUT2D eigenvalue weighted by Gasteiger charge is 2.24. The minimum Gasteiger partial charge on any atom is -0.387 e. The van der Waals surface area contributed by atoms with E-state index in [1.54, 1.807) is 4.90 Å². The van der Waals surface area contributed by atoms with Gasteiger partial charge in [-0.2, -0.15) is 0 Å². The topological polar surface area (TPSA) is 49.8 Å². The Morgan fingerprint density at radius 3 is 2.42 bits per heavy atom. The first kappa shape index (κ1) is 9.48. The number of rotatable bonds is 1. The number of carbonyl (C=O) groups excluding carboxylic acids is 1. The second-order valence-electron chi connectivity index (χ2n) is 3.21. The van der Waals surface area contributed by atoms with Crippen LogP contribution < -0.4 is 0 Å². The molecule has 12 heavy (non-hydrogen) atoms. The molecule has 1 fully saturated rings. The maximum atomic E-state index is 11.1. The maximum absolute atomic E-state index is 11.1. The number of hydrogen-bond acceptors (Lipinski definition) is 3. The van der Waals surface area contributed by atoms with E-state index in [1.165, 1.54) is 0 Å². The van der Waals surface area contributed by atoms with Gasteiger partial charge < -0.3 is 14.7 Å². The van der Waals surface area contributed by atoms with E-state index in [0.29, 0.717) is 13.1 Å². The van der Waals surface area contributed by atoms with E-state index in [4.69, 9.17) is 9.84 Å². The van der Waals surface area contributed by atoms with Crippen LogP contribution in [0.1, 0.15) is 13.8 Å². The molecule has 70 valence electrons. The third-order valence-corrected chi connectivity index (χ3v) is 1.91. The molecule has 0 spiro atoms. The highest BCUT2D eigenvalue weighted by atomic mass is 16.5. The van der Waals surface area contributed by atoms with Gasteiger partial charge in [-0.15, -0.1) is 0 Å². The number of morpholine rings is 1. The van der Waals surface area contributed by atoms with Gasteiger partial charge in [0.25, 0.3) is 0 Å². The predicted molar refractivity (Wildman–Crippen MR) is 43.7 cm³/mol. The lowest BCUT2D eigenvalue weighted by atomic mass is 10.2. The van der Waals surface area contributed by atoms with Crippen LogP contribution in [0.4, 0.5) is 0 Å². The van der Waals surface area contributed by atoms with E-state index in [-0.39, 0.29) is 18.1 Å². The largest absolute Gasteiger partial charge is 0.387 e. The molecular weight excluding hydrogens is 158 g/mol. The standard InChI is InChI=1S/C8H15NO3/c1-6-3-9(8(11)5-10)4-7(2)12-6/h6-7,10H,3-5H2,1-2H3. The van der Waals surface area contributed by atoms with Crippen molar-refractivity contribution < 1.29 is 14.6 Å². The molecule has 2 atom stereocenters. The van der Waals surface area contributed by atoms with Crippen molar-refractivity contribution in [3.05, 3.63) is 0 Å². The summed E-state index contributed by atoms with van der Waals surface area (Å²) in [5.41, 5.74) is 0. The van der Waals surface area contributed by atoms with Crippen molar-refractivity contribution in [3.8, 4) is 0 Å². The molecule has 4 nitrogen and oxygen atoms in total. The zero-order chi connectivity index (χ0) is 9.14. The quantitative estimate of drug-likeness (QED) is 0.587. The van der Waals surface area contributed by atoms with E-state index in [0.717, 1.165) is 0 Å². The first-order chi connectivity index (χ1) is 5.63. The normalized spacial score (nSPS) is 30.4. The van der Waals surface area contributed by atoms with Crippen molar-refractivity contribution in [3.63, 3.8) is 0 Å². The summed E-state index contributed by atoms with van der Waals surface area (Å²) in [5, 5.41) is 8.63. The summed E-state index contributed by atoms with van der Waals surface area (Å²) >= 11 is 0. The van der Waals surface area contributed by atoms with Gasteiger partial charge in [0.05, 0.1) is 12.2 Å². The van der Waals surface area contributed by atoms with Gasteiger partial charge in [-0.1, -0.05) is 0 Å². The number of nitrogens with zero attached hydrogens (tertiary/aromatic N) is 1. The third-order valence-electron chi connectivity index (χ3n) is 1.91. The lowest BCUT2D eigenvalue weighted by Crippen LogP contribution is -2.49. The monoisotopic (exact) mass is 173 g/mol. The van der Waals surface area contributed by atoms with Crippen molar-refractivity contribution in [1.82, 2.24) is 4.90 Å². The van der Waals surface area contributed by atoms with Crippen LogP contribution in [0.3, 0.4) is 0 Å². The van der Waals surface area contributed by atoms with Gasteiger partial charge in [0.15, 0.2) is 0 Å². The predicted octanol–water partition coefficient (Wildman–Crippen LogP) is -0.385. The van der Waals surface area contributed by atoms with Crippen LogP contribution in [-0.2, 0) is 9.53 Å². The number of carbonyl (C=O) groups is 1. The van der Waals surface area contributed by atoms with E-state index in [1.807, 2.05) is 13.8 Å². The van der Waals surface area contributed by atoms with Crippen LogP contribution in [0.25, 0.3) is 0 Å². The molecule has 1 N–H and O–H groups in total. The van der Waals surface area contributed by atoms with Crippen LogP contribution in [0, 0.1) is 0 Å². The summed E-state index contributed by atoms with van der Waals surface area (Å²) in [6.45, 7) is 4.62. The molecule has 2 unspecified atom stereocenters. The molecule has 0 aromatic heterocycles. The summed E-state index contributed by atoms with van der Waals surface area (Å²) in [7, 11) is 0. The molecular formula is C8H15NO3. The van der Waals surface area contributed by atoms with Crippen LogP contribution >= 0.6 is 0 Å². The Kier molecular flexibility index (Phi) is 3.05. The minimum absolute atomic E-state index is 0.0734. The summed E-state index contributed by atoms with van der Waals surface area (Å²) in [4.78, 5) is 12.7. The molecule has 1 heterocycles. The number of hydrogen-bond donors (Lipinski definition) is 1. The Balaban J connectivity index is 2.49. The number of amides is 1. The van der Waals surface area contributed by atoms with E-state index in [9.17, 15) is 4.79 Å². The molecule has 0 bridgehead atoms. The molecule has 0 aromatic rings. The molecule has 1 aliphatic heterocycles. The smallest absolute Gasteiger partial charge is 0.248 e. The number of ether oxygens (including phenoxy) is 1. The fraction of sp³-hybridized carbons (Fsp3) is 0.875. The Labute approximate surface area is 72.1 Å². The molecule has 0 saturated carbocycles. The first-order valence-corrected chi connectivity index (χ1v) is 4.17. The second kappa shape index (κ2) is 3.87. The highest BCUT2D eigenvalue weighted by molar-refractivity contribution is 5.77. The maximum Gasteiger partial charge on any atom is 0.248 e. The zero-order valence-electron chi connectivity index (χ0n) is 7.49. The van der Waals surface area contributed by atoms with Gasteiger partial charge in [0.1, 0.15) is 6.61 Å². The van der Waals surface area contributed by atoms with Crippen molar-refractivity contribution >= 4 is 5.91 Å². The zero-order valence-corrected chi connectivity index (χ0v) is 7.49. The fourth-order valence-electron chi connectivity index (χ4n) is 1.48. The van der Waals surface area contributed by atoms with Gasteiger partial charge in [-0.3, -0.25) is 4.79 Å². The van der Waals surface area contributed by atoms with Gasteiger partial charge in [0, 0.05) is 13.1 Å². The van der Waals surface area contributed by atoms with E-state index in [2.05, 4.69) is 0 Å². The molecule has 1 rings (SSSR count). The highest BCUT2D eigenvalue weighted by Crippen LogP contribution is 2.10. The molecule has 1 amide bonds. The molecule has 1 saturated heterocycles. The SMILES string of the molecule is CC1CN(C(=O)CO)CC(C)O1. The van der Waals surface area contributed by atoms with Crippen molar-refractivity contribution in [2.75, 3.05) is 19.7 Å². The number of aliphatic hydroxyl groups excluding tert-OH is 1. The van der Waals surface area contributed by atoms with Crippen LogP contribution in [0.15, 0.2) is 0 Å². The van der Waals surface area contributed by atoms with Crippen molar-refractivity contribution in [2.24, 2.45) is 0 Å². The average Bonchev–Trinajstić information content (AvgIpc) is 2.01. The molecule has 0 aromatic carbocycles. The van der Waals surface area contributed by atoms with Crippen LogP contribution in [-0.4, -0.2) is 47.8 Å². The van der Waals surface area contributed by atoms with E-state index >= 15 is 0 Å². The lowest BCUT2D eigenvalue weighted by Gasteiger charge is -2.34. The molecule has 4 heteroatoms. The summed E-state index contributed by atoms with van der Waals surface area (Å²) < 4.78 is 5.44. The third kappa shape index (κ3) is 2.19. The number of aliphatic hydroxyl groups is 1. The Morgan fingerprint density at radius 2 is 2.00 bits per heavy atom. The van der Waals surface area contributed by atoms with E-state index < -0.39 is 6.61 Å². The van der Waals surface area contributed by atoms with Crippen LogP contribution in [0.2, 0.25) is 0 Å². The molecule has 0 aliphatic carbocycles. The minimum atomic E-state index is -0.403. The van der Waals surface area contributed by atoms with Crippen molar-refractivity contribution in [2.45, 2.75) is 26.1 Å². The Hall–Kier alpha value is -0.610. The second-order valence-corrected chi connectivity index (χ2v) is 3.21.